The smallest absolute Gasteiger partial charge is 0.161 e. The Labute approximate surface area is 116 Å². The van der Waals surface area contributed by atoms with Gasteiger partial charge >= 0.3 is 0 Å². The van der Waals surface area contributed by atoms with Gasteiger partial charge in [-0.25, -0.2) is 0 Å². The zero-order valence-corrected chi connectivity index (χ0v) is 11.8. The number of benzene rings is 2. The molecule has 0 N–H and O–H groups in total. The Hall–Kier alpha value is -1.48. The van der Waals surface area contributed by atoms with E-state index in [1.807, 2.05) is 48.5 Å². The first-order valence-corrected chi connectivity index (χ1v) is 6.85. The maximum Gasteiger partial charge on any atom is 0.161 e. The maximum absolute atomic E-state index is 5.77. The number of ether oxygens (including phenoxy) is 2. The maximum atomic E-state index is 5.77. The third-order valence-corrected chi connectivity index (χ3v) is 3.27. The zero-order chi connectivity index (χ0) is 12.8. The molecular weight excluding hydrogens is 293 g/mol. The highest BCUT2D eigenvalue weighted by Crippen LogP contribution is 2.29. The third kappa shape index (κ3) is 3.26. The molecule has 2 aromatic rings. The fourth-order valence-electron chi connectivity index (χ4n) is 1.65. The molecule has 0 aliphatic carbocycles. The second kappa shape index (κ2) is 6.45. The van der Waals surface area contributed by atoms with Crippen molar-refractivity contribution in [1.82, 2.24) is 0 Å². The van der Waals surface area contributed by atoms with Gasteiger partial charge in [-0.2, -0.15) is 0 Å². The first-order chi connectivity index (χ1) is 8.83. The van der Waals surface area contributed by atoms with Crippen molar-refractivity contribution < 1.29 is 9.47 Å². The van der Waals surface area contributed by atoms with E-state index in [0.717, 1.165) is 22.4 Å². The Kier molecular flexibility index (Phi) is 4.65. The summed E-state index contributed by atoms with van der Waals surface area (Å²) in [4.78, 5) is 0. The van der Waals surface area contributed by atoms with Gasteiger partial charge in [-0.3, -0.25) is 0 Å². The fraction of sp³-hybridized carbons (Fsp3) is 0.200. The van der Waals surface area contributed by atoms with Gasteiger partial charge in [0.25, 0.3) is 0 Å². The van der Waals surface area contributed by atoms with Crippen molar-refractivity contribution in [3.63, 3.8) is 0 Å². The van der Waals surface area contributed by atoms with Crippen molar-refractivity contribution in [3.8, 4) is 11.5 Å². The van der Waals surface area contributed by atoms with E-state index in [1.54, 1.807) is 7.11 Å². The van der Waals surface area contributed by atoms with E-state index in [4.69, 9.17) is 9.47 Å². The highest BCUT2D eigenvalue weighted by atomic mass is 79.9. The van der Waals surface area contributed by atoms with E-state index >= 15 is 0 Å². The van der Waals surface area contributed by atoms with Gasteiger partial charge < -0.3 is 9.47 Å². The monoisotopic (exact) mass is 307 g/mol. The number of halogens is 1. The van der Waals surface area contributed by atoms with Crippen molar-refractivity contribution in [2.24, 2.45) is 0 Å². The summed E-state index contributed by atoms with van der Waals surface area (Å²) in [7, 11) is 1.66. The van der Waals surface area contributed by atoms with Crippen LogP contribution in [0.4, 0.5) is 0 Å². The van der Waals surface area contributed by atoms with Crippen molar-refractivity contribution in [3.05, 3.63) is 59.7 Å². The molecule has 0 fully saturated rings. The summed E-state index contributed by atoms with van der Waals surface area (Å²) in [5.41, 5.74) is 2.31. The van der Waals surface area contributed by atoms with Crippen LogP contribution in [-0.2, 0) is 11.9 Å². The quantitative estimate of drug-likeness (QED) is 0.610. The van der Waals surface area contributed by atoms with E-state index in [1.165, 1.54) is 5.56 Å². The lowest BCUT2D eigenvalue weighted by molar-refractivity contribution is 0.284. The van der Waals surface area contributed by atoms with Gasteiger partial charge in [-0.15, -0.1) is 0 Å². The van der Waals surface area contributed by atoms with Gasteiger partial charge in [-0.1, -0.05) is 52.3 Å². The first kappa shape index (κ1) is 13.0. The second-order valence-electron chi connectivity index (χ2n) is 3.89. The second-order valence-corrected chi connectivity index (χ2v) is 4.45. The summed E-state index contributed by atoms with van der Waals surface area (Å²) in [6, 6.07) is 16.0. The molecule has 0 aliphatic heterocycles. The average Bonchev–Trinajstić information content (AvgIpc) is 2.46. The van der Waals surface area contributed by atoms with Crippen LogP contribution in [0.5, 0.6) is 11.5 Å². The van der Waals surface area contributed by atoms with E-state index in [-0.39, 0.29) is 0 Å². The average molecular weight is 308 g/mol. The molecule has 0 aliphatic rings. The predicted molar refractivity (Wildman–Crippen MR) is 76.4 cm³/mol. The minimum absolute atomic E-state index is 0.546. The van der Waals surface area contributed by atoms with Crippen LogP contribution in [0.1, 0.15) is 11.1 Å². The van der Waals surface area contributed by atoms with Gasteiger partial charge in [0.1, 0.15) is 6.61 Å². The number of alkyl halides is 1. The molecule has 0 amide bonds. The van der Waals surface area contributed by atoms with Crippen molar-refractivity contribution in [2.45, 2.75) is 11.9 Å². The van der Waals surface area contributed by atoms with E-state index in [0.29, 0.717) is 6.61 Å². The minimum Gasteiger partial charge on any atom is -0.493 e. The molecule has 0 heterocycles. The lowest BCUT2D eigenvalue weighted by Crippen LogP contribution is -1.98. The molecule has 0 atom stereocenters. The van der Waals surface area contributed by atoms with Gasteiger partial charge in [0.2, 0.25) is 0 Å². The third-order valence-electron chi connectivity index (χ3n) is 2.62. The SMILES string of the molecule is COc1cc([13CH2]Br)ccc1OCc1ccccc1. The van der Waals surface area contributed by atoms with Crippen LogP contribution in [0.2, 0.25) is 0 Å². The van der Waals surface area contributed by atoms with Gasteiger partial charge in [-0.05, 0) is 23.3 Å². The highest BCUT2D eigenvalue weighted by Gasteiger charge is 2.05. The van der Waals surface area contributed by atoms with E-state index < -0.39 is 0 Å². The number of hydrogen-bond acceptors (Lipinski definition) is 2. The summed E-state index contributed by atoms with van der Waals surface area (Å²) in [6.07, 6.45) is 0. The Bertz CT molecular complexity index is 497. The molecule has 0 spiro atoms. The van der Waals surface area contributed by atoms with Crippen molar-refractivity contribution in [1.29, 1.82) is 0 Å². The van der Waals surface area contributed by atoms with Gasteiger partial charge in [0.15, 0.2) is 11.5 Å². The van der Waals surface area contributed by atoms with E-state index in [9.17, 15) is 0 Å². The van der Waals surface area contributed by atoms with Gasteiger partial charge in [0.05, 0.1) is 7.11 Å². The molecule has 0 bridgehead atoms. The van der Waals surface area contributed by atoms with Crippen molar-refractivity contribution >= 4 is 15.9 Å². The summed E-state index contributed by atoms with van der Waals surface area (Å²) >= 11 is 3.42. The molecule has 2 aromatic carbocycles. The lowest BCUT2D eigenvalue weighted by Gasteiger charge is -2.11. The molecule has 0 saturated carbocycles. The van der Waals surface area contributed by atoms with E-state index in [2.05, 4.69) is 15.9 Å². The Balaban J connectivity index is 2.09. The highest BCUT2D eigenvalue weighted by molar-refractivity contribution is 9.08. The zero-order valence-electron chi connectivity index (χ0n) is 10.2. The predicted octanol–water partition coefficient (Wildman–Crippen LogP) is 4.17. The molecule has 0 saturated heterocycles. The Morgan fingerprint density at radius 2 is 1.72 bits per heavy atom. The van der Waals surface area contributed by atoms with Crippen LogP contribution in [0, 0.1) is 0 Å². The van der Waals surface area contributed by atoms with Crippen molar-refractivity contribution in [2.75, 3.05) is 7.11 Å². The standard InChI is InChI=1S/C15H15BrO2/c1-17-15-9-13(10-16)7-8-14(15)18-11-12-5-3-2-4-6-12/h2-9H,10-11H2,1H3/i10+1. The fourth-order valence-corrected chi connectivity index (χ4v) is 2.00. The molecule has 2 rings (SSSR count). The van der Waals surface area contributed by atoms with Crippen LogP contribution < -0.4 is 9.47 Å². The molecule has 18 heavy (non-hydrogen) atoms. The van der Waals surface area contributed by atoms with Crippen LogP contribution in [0.15, 0.2) is 48.5 Å². The molecule has 0 radical (unpaired) electrons. The van der Waals surface area contributed by atoms with Crippen LogP contribution in [0.3, 0.4) is 0 Å². The summed E-state index contributed by atoms with van der Waals surface area (Å²) in [6.45, 7) is 0.546. The molecular formula is C15H15BrO2. The summed E-state index contributed by atoms with van der Waals surface area (Å²) < 4.78 is 11.1. The number of hydrogen-bond donors (Lipinski definition) is 0. The van der Waals surface area contributed by atoms with Gasteiger partial charge in [0, 0.05) is 5.33 Å². The normalized spacial score (nSPS) is 10.1. The Morgan fingerprint density at radius 3 is 2.39 bits per heavy atom. The molecule has 94 valence electrons. The lowest BCUT2D eigenvalue weighted by atomic mass is 10.2. The summed E-state index contributed by atoms with van der Waals surface area (Å²) in [5.74, 6) is 1.54. The van der Waals surface area contributed by atoms with Crippen LogP contribution >= 0.6 is 15.9 Å². The molecule has 3 heteroatoms. The first-order valence-electron chi connectivity index (χ1n) is 5.73. The molecule has 0 unspecified atom stereocenters. The minimum atomic E-state index is 0.546. The number of methoxy groups -OCH3 is 1. The molecule has 0 aromatic heterocycles. The van der Waals surface area contributed by atoms with Crippen LogP contribution in [-0.4, -0.2) is 7.11 Å². The summed E-state index contributed by atoms with van der Waals surface area (Å²) in [5, 5.41) is 0.808. The number of rotatable bonds is 5. The largest absolute Gasteiger partial charge is 0.493 e. The topological polar surface area (TPSA) is 18.5 Å². The van der Waals surface area contributed by atoms with Crippen LogP contribution in [0.25, 0.3) is 0 Å². The molecule has 2 nitrogen and oxygen atoms in total. The Morgan fingerprint density at radius 1 is 0.944 bits per heavy atom.